The summed E-state index contributed by atoms with van der Waals surface area (Å²) in [6.45, 7) is 2.78. The highest BCUT2D eigenvalue weighted by Crippen LogP contribution is 2.24. The van der Waals surface area contributed by atoms with E-state index in [1.54, 1.807) is 4.68 Å². The summed E-state index contributed by atoms with van der Waals surface area (Å²) in [7, 11) is 5.92. The van der Waals surface area contributed by atoms with Gasteiger partial charge in [0.15, 0.2) is 0 Å². The molecule has 0 saturated heterocycles. The second-order valence-electron chi connectivity index (χ2n) is 6.30. The van der Waals surface area contributed by atoms with Crippen LogP contribution < -0.4 is 10.6 Å². The van der Waals surface area contributed by atoms with Crippen molar-refractivity contribution in [2.45, 2.75) is 38.3 Å². The van der Waals surface area contributed by atoms with Gasteiger partial charge in [0.1, 0.15) is 0 Å². The zero-order chi connectivity index (χ0) is 15.4. The molecule has 2 rings (SSSR count). The first kappa shape index (κ1) is 15.8. The minimum absolute atomic E-state index is 0.0653. The Kier molecular flexibility index (Phi) is 5.22. The van der Waals surface area contributed by atoms with E-state index < -0.39 is 0 Å². The highest BCUT2D eigenvalue weighted by Gasteiger charge is 2.25. The summed E-state index contributed by atoms with van der Waals surface area (Å²) < 4.78 is 1.78. The molecule has 1 aliphatic rings. The molecule has 0 bridgehead atoms. The van der Waals surface area contributed by atoms with Crippen molar-refractivity contribution in [3.05, 3.63) is 18.0 Å². The number of likely N-dealkylation sites (N-methyl/N-ethyl adjacent to an activating group) is 1. The van der Waals surface area contributed by atoms with E-state index in [0.717, 1.165) is 12.0 Å². The second-order valence-corrected chi connectivity index (χ2v) is 6.30. The van der Waals surface area contributed by atoms with Gasteiger partial charge in [-0.15, -0.1) is 0 Å². The lowest BCUT2D eigenvalue weighted by Crippen LogP contribution is -2.45. The Morgan fingerprint density at radius 2 is 2.29 bits per heavy atom. The highest BCUT2D eigenvalue weighted by molar-refractivity contribution is 5.74. The predicted molar refractivity (Wildman–Crippen MR) is 83.0 cm³/mol. The Hall–Kier alpha value is -1.56. The molecule has 0 spiro atoms. The molecule has 2 N–H and O–H groups in total. The molecule has 3 atom stereocenters. The Labute approximate surface area is 126 Å². The molecule has 0 radical (unpaired) electrons. The smallest absolute Gasteiger partial charge is 0.315 e. The average molecular weight is 293 g/mol. The van der Waals surface area contributed by atoms with Crippen LogP contribution >= 0.6 is 0 Å². The van der Waals surface area contributed by atoms with Gasteiger partial charge in [-0.3, -0.25) is 4.68 Å². The SMILES string of the molecule is C[C@@H]1CCC[C@H]1NC(=O)NC[C@H](c1cnn(C)c1)N(C)C. The molecule has 0 aromatic carbocycles. The van der Waals surface area contributed by atoms with Gasteiger partial charge in [-0.2, -0.15) is 5.10 Å². The molecule has 0 aliphatic heterocycles. The van der Waals surface area contributed by atoms with Crippen molar-refractivity contribution < 1.29 is 4.79 Å². The van der Waals surface area contributed by atoms with E-state index in [1.807, 2.05) is 33.5 Å². The molecule has 0 unspecified atom stereocenters. The summed E-state index contributed by atoms with van der Waals surface area (Å²) in [6.07, 6.45) is 7.35. The zero-order valence-corrected chi connectivity index (χ0v) is 13.5. The maximum atomic E-state index is 12.0. The number of urea groups is 1. The van der Waals surface area contributed by atoms with Gasteiger partial charge in [-0.25, -0.2) is 4.79 Å². The fourth-order valence-electron chi connectivity index (χ4n) is 2.98. The molecule has 21 heavy (non-hydrogen) atoms. The monoisotopic (exact) mass is 293 g/mol. The molecular weight excluding hydrogens is 266 g/mol. The van der Waals surface area contributed by atoms with E-state index in [-0.39, 0.29) is 12.1 Å². The van der Waals surface area contributed by atoms with Gasteiger partial charge < -0.3 is 15.5 Å². The van der Waals surface area contributed by atoms with E-state index in [1.165, 1.54) is 12.8 Å². The lowest BCUT2D eigenvalue weighted by molar-refractivity contribution is 0.226. The number of carbonyl (C=O) groups excluding carboxylic acids is 1. The molecule has 1 saturated carbocycles. The number of nitrogens with one attached hydrogen (secondary N) is 2. The summed E-state index contributed by atoms with van der Waals surface area (Å²) in [6, 6.07) is 0.385. The largest absolute Gasteiger partial charge is 0.336 e. The van der Waals surface area contributed by atoms with Crippen LogP contribution in [0.5, 0.6) is 0 Å². The minimum Gasteiger partial charge on any atom is -0.336 e. The van der Waals surface area contributed by atoms with Gasteiger partial charge in [0.2, 0.25) is 0 Å². The number of aryl methyl sites for hydroxylation is 1. The third kappa shape index (κ3) is 4.20. The normalized spacial score (nSPS) is 23.3. The number of hydrogen-bond donors (Lipinski definition) is 2. The zero-order valence-electron chi connectivity index (χ0n) is 13.5. The van der Waals surface area contributed by atoms with Crippen molar-refractivity contribution in [1.29, 1.82) is 0 Å². The van der Waals surface area contributed by atoms with E-state index in [9.17, 15) is 4.79 Å². The summed E-state index contributed by atoms with van der Waals surface area (Å²) in [5.41, 5.74) is 1.11. The summed E-state index contributed by atoms with van der Waals surface area (Å²) in [4.78, 5) is 14.1. The second kappa shape index (κ2) is 6.93. The lowest BCUT2D eigenvalue weighted by atomic mass is 10.1. The molecule has 1 fully saturated rings. The van der Waals surface area contributed by atoms with Crippen LogP contribution in [-0.4, -0.2) is 47.4 Å². The third-order valence-corrected chi connectivity index (χ3v) is 4.37. The van der Waals surface area contributed by atoms with Crippen LogP contribution in [0.2, 0.25) is 0 Å². The molecule has 1 heterocycles. The van der Waals surface area contributed by atoms with Crippen molar-refractivity contribution in [2.24, 2.45) is 13.0 Å². The van der Waals surface area contributed by atoms with Crippen LogP contribution in [0.4, 0.5) is 4.79 Å². The maximum absolute atomic E-state index is 12.0. The van der Waals surface area contributed by atoms with Gasteiger partial charge in [0.25, 0.3) is 0 Å². The van der Waals surface area contributed by atoms with E-state index in [2.05, 4.69) is 27.6 Å². The van der Waals surface area contributed by atoms with Crippen LogP contribution in [0.1, 0.15) is 37.8 Å². The van der Waals surface area contributed by atoms with Crippen molar-refractivity contribution in [1.82, 2.24) is 25.3 Å². The molecule has 2 amide bonds. The topological polar surface area (TPSA) is 62.2 Å². The van der Waals surface area contributed by atoms with E-state index >= 15 is 0 Å². The number of hydrogen-bond acceptors (Lipinski definition) is 3. The van der Waals surface area contributed by atoms with Crippen LogP contribution in [-0.2, 0) is 7.05 Å². The van der Waals surface area contributed by atoms with Crippen molar-refractivity contribution in [3.8, 4) is 0 Å². The summed E-state index contributed by atoms with van der Waals surface area (Å²) >= 11 is 0. The summed E-state index contributed by atoms with van der Waals surface area (Å²) in [5, 5.41) is 10.3. The van der Waals surface area contributed by atoms with E-state index in [4.69, 9.17) is 0 Å². The van der Waals surface area contributed by atoms with Gasteiger partial charge in [-0.1, -0.05) is 13.3 Å². The van der Waals surface area contributed by atoms with Crippen LogP contribution in [0.15, 0.2) is 12.4 Å². The predicted octanol–water partition coefficient (Wildman–Crippen LogP) is 1.51. The molecule has 1 aromatic rings. The third-order valence-electron chi connectivity index (χ3n) is 4.37. The molecule has 118 valence electrons. The number of rotatable bonds is 5. The molecule has 6 nitrogen and oxygen atoms in total. The average Bonchev–Trinajstić information content (AvgIpc) is 2.99. The fourth-order valence-corrected chi connectivity index (χ4v) is 2.98. The maximum Gasteiger partial charge on any atom is 0.315 e. The highest BCUT2D eigenvalue weighted by atomic mass is 16.2. The van der Waals surface area contributed by atoms with Gasteiger partial charge in [-0.05, 0) is 32.9 Å². The standard InChI is InChI=1S/C15H27N5O/c1-11-6-5-7-13(11)18-15(21)16-9-14(19(2)3)12-8-17-20(4)10-12/h8,10-11,13-14H,5-7,9H2,1-4H3,(H2,16,18,21)/t11-,13-,14-/m1/s1. The Morgan fingerprint density at radius 1 is 1.52 bits per heavy atom. The van der Waals surface area contributed by atoms with Gasteiger partial charge in [0.05, 0.1) is 12.2 Å². The van der Waals surface area contributed by atoms with Crippen LogP contribution in [0.3, 0.4) is 0 Å². The van der Waals surface area contributed by atoms with Gasteiger partial charge in [0, 0.05) is 31.4 Å². The van der Waals surface area contributed by atoms with Gasteiger partial charge >= 0.3 is 6.03 Å². The number of carbonyl (C=O) groups is 1. The van der Waals surface area contributed by atoms with Crippen molar-refractivity contribution in [3.63, 3.8) is 0 Å². The van der Waals surface area contributed by atoms with Crippen LogP contribution in [0.25, 0.3) is 0 Å². The van der Waals surface area contributed by atoms with Crippen LogP contribution in [0, 0.1) is 5.92 Å². The number of nitrogens with zero attached hydrogens (tertiary/aromatic N) is 3. The molecule has 6 heteroatoms. The molecule has 1 aliphatic carbocycles. The first-order valence-electron chi connectivity index (χ1n) is 7.66. The van der Waals surface area contributed by atoms with Crippen molar-refractivity contribution >= 4 is 6.03 Å². The van der Waals surface area contributed by atoms with E-state index in [0.29, 0.717) is 18.5 Å². The fraction of sp³-hybridized carbons (Fsp3) is 0.733. The Balaban J connectivity index is 1.85. The Morgan fingerprint density at radius 3 is 2.81 bits per heavy atom. The molecular formula is C15H27N5O. The first-order valence-corrected chi connectivity index (χ1v) is 7.66. The first-order chi connectivity index (χ1) is 9.97. The Bertz CT molecular complexity index is 470. The van der Waals surface area contributed by atoms with Crippen molar-refractivity contribution in [2.75, 3.05) is 20.6 Å². The number of aromatic nitrogens is 2. The molecule has 1 aromatic heterocycles. The number of amides is 2. The lowest BCUT2D eigenvalue weighted by Gasteiger charge is -2.24. The summed E-state index contributed by atoms with van der Waals surface area (Å²) in [5.74, 6) is 0.582. The quantitative estimate of drug-likeness (QED) is 0.865. The minimum atomic E-state index is -0.0653.